The van der Waals surface area contributed by atoms with Crippen LogP contribution in [0.4, 0.5) is 13.2 Å². The molecule has 0 aromatic carbocycles. The molecule has 0 aliphatic carbocycles. The molecule has 0 aliphatic rings. The maximum absolute atomic E-state index is 12.3. The van der Waals surface area contributed by atoms with Gasteiger partial charge in [0.25, 0.3) is 0 Å². The maximum Gasteiger partial charge on any atom is 0.417 e. The van der Waals surface area contributed by atoms with E-state index in [-0.39, 0.29) is 17.1 Å². The van der Waals surface area contributed by atoms with Gasteiger partial charge in [0.1, 0.15) is 11.4 Å². The van der Waals surface area contributed by atoms with Crippen LogP contribution in [0, 0.1) is 0 Å². The number of rotatable bonds is 2. The largest absolute Gasteiger partial charge is 0.477 e. The Hall–Kier alpha value is -2.38. The summed E-state index contributed by atoms with van der Waals surface area (Å²) < 4.78 is 36.9. The number of aromatic carboxylic acids is 1. The van der Waals surface area contributed by atoms with Crippen LogP contribution in [-0.2, 0) is 6.18 Å². The van der Waals surface area contributed by atoms with Crippen molar-refractivity contribution in [1.29, 1.82) is 0 Å². The van der Waals surface area contributed by atoms with Gasteiger partial charge in [-0.15, -0.1) is 0 Å². The van der Waals surface area contributed by atoms with Gasteiger partial charge in [0, 0.05) is 12.3 Å². The van der Waals surface area contributed by atoms with Crippen molar-refractivity contribution in [2.24, 2.45) is 0 Å². The molecule has 8 heteroatoms. The molecular formula is C10H6F3N3O2. The second-order valence-electron chi connectivity index (χ2n) is 3.40. The van der Waals surface area contributed by atoms with Gasteiger partial charge in [-0.1, -0.05) is 0 Å². The quantitative estimate of drug-likeness (QED) is 0.864. The average molecular weight is 257 g/mol. The van der Waals surface area contributed by atoms with E-state index < -0.39 is 17.7 Å². The molecule has 2 aromatic heterocycles. The summed E-state index contributed by atoms with van der Waals surface area (Å²) in [6.07, 6.45) is -3.78. The fraction of sp³-hybridized carbons (Fsp3) is 0.100. The molecule has 0 aliphatic heterocycles. The molecule has 2 N–H and O–H groups in total. The van der Waals surface area contributed by atoms with Crippen LogP contribution in [-0.4, -0.2) is 26.3 Å². The third-order valence-electron chi connectivity index (χ3n) is 2.16. The van der Waals surface area contributed by atoms with Gasteiger partial charge < -0.3 is 5.11 Å². The Balaban J connectivity index is 2.31. The van der Waals surface area contributed by atoms with E-state index in [1.54, 1.807) is 0 Å². The topological polar surface area (TPSA) is 78.9 Å². The standard InChI is InChI=1S/C10H6F3N3O2/c11-10(12,13)5-1-2-6(14-4-5)7-3-8(9(17)18)16-15-7/h1-4H,(H,15,16)(H,17,18). The molecule has 2 aromatic rings. The van der Waals surface area contributed by atoms with Gasteiger partial charge in [0.05, 0.1) is 11.3 Å². The third kappa shape index (κ3) is 2.31. The highest BCUT2D eigenvalue weighted by Gasteiger charge is 2.30. The minimum absolute atomic E-state index is 0.159. The monoisotopic (exact) mass is 257 g/mol. The minimum atomic E-state index is -4.46. The molecule has 0 saturated heterocycles. The number of aromatic amines is 1. The number of nitrogens with one attached hydrogen (secondary N) is 1. The Morgan fingerprint density at radius 3 is 2.44 bits per heavy atom. The highest BCUT2D eigenvalue weighted by atomic mass is 19.4. The van der Waals surface area contributed by atoms with Crippen molar-refractivity contribution in [1.82, 2.24) is 15.2 Å². The van der Waals surface area contributed by atoms with Crippen molar-refractivity contribution in [2.45, 2.75) is 6.18 Å². The van der Waals surface area contributed by atoms with E-state index in [0.717, 1.165) is 12.1 Å². The lowest BCUT2D eigenvalue weighted by molar-refractivity contribution is -0.137. The van der Waals surface area contributed by atoms with Crippen LogP contribution in [0.2, 0.25) is 0 Å². The zero-order valence-corrected chi connectivity index (χ0v) is 8.69. The summed E-state index contributed by atoms with van der Waals surface area (Å²) in [5.74, 6) is -1.21. The Bertz CT molecular complexity index is 575. The second kappa shape index (κ2) is 4.13. The first kappa shape index (κ1) is 12.1. The van der Waals surface area contributed by atoms with Crippen molar-refractivity contribution >= 4 is 5.97 Å². The molecule has 0 amide bonds. The number of aromatic nitrogens is 3. The smallest absolute Gasteiger partial charge is 0.417 e. The van der Waals surface area contributed by atoms with Crippen molar-refractivity contribution < 1.29 is 23.1 Å². The number of pyridine rings is 1. The van der Waals surface area contributed by atoms with Gasteiger partial charge in [-0.2, -0.15) is 18.3 Å². The predicted molar refractivity (Wildman–Crippen MR) is 53.8 cm³/mol. The van der Waals surface area contributed by atoms with Crippen LogP contribution in [0.1, 0.15) is 16.1 Å². The number of H-pyrrole nitrogens is 1. The van der Waals surface area contributed by atoms with E-state index in [4.69, 9.17) is 5.11 Å². The molecule has 5 nitrogen and oxygen atoms in total. The van der Waals surface area contributed by atoms with E-state index in [0.29, 0.717) is 6.20 Å². The normalized spacial score (nSPS) is 11.5. The van der Waals surface area contributed by atoms with Crippen LogP contribution < -0.4 is 0 Å². The highest BCUT2D eigenvalue weighted by molar-refractivity contribution is 5.86. The van der Waals surface area contributed by atoms with Crippen LogP contribution in [0.3, 0.4) is 0 Å². The molecule has 0 fully saturated rings. The first-order valence-corrected chi connectivity index (χ1v) is 4.70. The van der Waals surface area contributed by atoms with Crippen molar-refractivity contribution in [2.75, 3.05) is 0 Å². The summed E-state index contributed by atoms with van der Waals surface area (Å²) in [7, 11) is 0. The number of alkyl halides is 3. The van der Waals surface area contributed by atoms with Gasteiger partial charge in [0.15, 0.2) is 0 Å². The van der Waals surface area contributed by atoms with Crippen molar-refractivity contribution in [3.05, 3.63) is 35.7 Å². The number of hydrogen-bond donors (Lipinski definition) is 2. The lowest BCUT2D eigenvalue weighted by Gasteiger charge is -2.05. The van der Waals surface area contributed by atoms with Gasteiger partial charge in [-0.05, 0) is 12.1 Å². The van der Waals surface area contributed by atoms with Crippen LogP contribution >= 0.6 is 0 Å². The highest BCUT2D eigenvalue weighted by Crippen LogP contribution is 2.29. The lowest BCUT2D eigenvalue weighted by atomic mass is 10.2. The second-order valence-corrected chi connectivity index (χ2v) is 3.40. The maximum atomic E-state index is 12.3. The fourth-order valence-electron chi connectivity index (χ4n) is 1.28. The molecule has 18 heavy (non-hydrogen) atoms. The van der Waals surface area contributed by atoms with Crippen LogP contribution in [0.15, 0.2) is 24.4 Å². The number of halogens is 3. The first-order chi connectivity index (χ1) is 8.38. The van der Waals surface area contributed by atoms with Crippen LogP contribution in [0.5, 0.6) is 0 Å². The van der Waals surface area contributed by atoms with Crippen molar-refractivity contribution in [3.8, 4) is 11.4 Å². The van der Waals surface area contributed by atoms with Crippen molar-refractivity contribution in [3.63, 3.8) is 0 Å². The molecule has 2 rings (SSSR count). The molecule has 94 valence electrons. The van der Waals surface area contributed by atoms with Gasteiger partial charge in [-0.25, -0.2) is 4.79 Å². The number of carboxylic acid groups (broad SMARTS) is 1. The molecule has 2 heterocycles. The SMILES string of the molecule is O=C(O)c1cc(-c2ccc(C(F)(F)F)cn2)n[nH]1. The van der Waals surface area contributed by atoms with Crippen LogP contribution in [0.25, 0.3) is 11.4 Å². The Morgan fingerprint density at radius 1 is 1.28 bits per heavy atom. The number of carboxylic acids is 1. The minimum Gasteiger partial charge on any atom is -0.477 e. The van der Waals surface area contributed by atoms with E-state index in [9.17, 15) is 18.0 Å². The molecule has 0 radical (unpaired) electrons. The van der Waals surface area contributed by atoms with Gasteiger partial charge in [-0.3, -0.25) is 10.1 Å². The summed E-state index contributed by atoms with van der Waals surface area (Å²) in [6.45, 7) is 0. The number of hydrogen-bond acceptors (Lipinski definition) is 3. The number of nitrogens with zero attached hydrogens (tertiary/aromatic N) is 2. The van der Waals surface area contributed by atoms with E-state index >= 15 is 0 Å². The van der Waals surface area contributed by atoms with E-state index in [1.807, 2.05) is 0 Å². The van der Waals surface area contributed by atoms with Gasteiger partial charge in [0.2, 0.25) is 0 Å². The Morgan fingerprint density at radius 2 is 2.00 bits per heavy atom. The zero-order valence-electron chi connectivity index (χ0n) is 8.69. The summed E-state index contributed by atoms with van der Waals surface area (Å²) in [4.78, 5) is 14.2. The molecule has 0 spiro atoms. The molecular weight excluding hydrogens is 251 g/mol. The Kier molecular flexibility index (Phi) is 2.77. The molecule has 0 unspecified atom stereocenters. The summed E-state index contributed by atoms with van der Waals surface area (Å²) in [5.41, 5.74) is -0.709. The molecule has 0 saturated carbocycles. The zero-order chi connectivity index (χ0) is 13.3. The molecule has 0 atom stereocenters. The summed E-state index contributed by atoms with van der Waals surface area (Å²) >= 11 is 0. The summed E-state index contributed by atoms with van der Waals surface area (Å²) in [6, 6.07) is 3.18. The van der Waals surface area contributed by atoms with Gasteiger partial charge >= 0.3 is 12.1 Å². The third-order valence-corrected chi connectivity index (χ3v) is 2.16. The number of carbonyl (C=O) groups is 1. The first-order valence-electron chi connectivity index (χ1n) is 4.70. The Labute approximate surface area is 98.3 Å². The summed E-state index contributed by atoms with van der Waals surface area (Å²) in [5, 5.41) is 14.5. The average Bonchev–Trinajstić information content (AvgIpc) is 2.77. The molecule has 0 bridgehead atoms. The van der Waals surface area contributed by atoms with E-state index in [1.165, 1.54) is 6.07 Å². The van der Waals surface area contributed by atoms with E-state index in [2.05, 4.69) is 15.2 Å². The predicted octanol–water partition coefficient (Wildman–Crippen LogP) is 2.19. The lowest BCUT2D eigenvalue weighted by Crippen LogP contribution is -2.05. The fourth-order valence-corrected chi connectivity index (χ4v) is 1.28.